The second-order valence-electron chi connectivity index (χ2n) is 4.82. The van der Waals surface area contributed by atoms with E-state index >= 15 is 0 Å². The van der Waals surface area contributed by atoms with Crippen LogP contribution in [0.15, 0.2) is 12.1 Å². The van der Waals surface area contributed by atoms with Crippen LogP contribution in [0.2, 0.25) is 0 Å². The Hall–Kier alpha value is -1.95. The summed E-state index contributed by atoms with van der Waals surface area (Å²) in [5.74, 6) is 1.00. The highest BCUT2D eigenvalue weighted by Gasteiger charge is 2.26. The summed E-state index contributed by atoms with van der Waals surface area (Å²) in [4.78, 5) is 14.1. The van der Waals surface area contributed by atoms with E-state index in [4.69, 9.17) is 15.2 Å². The summed E-state index contributed by atoms with van der Waals surface area (Å²) in [5.41, 5.74) is 6.72. The van der Waals surface area contributed by atoms with E-state index in [1.54, 1.807) is 17.0 Å². The zero-order valence-corrected chi connectivity index (χ0v) is 10.5. The summed E-state index contributed by atoms with van der Waals surface area (Å²) >= 11 is 0. The molecule has 6 nitrogen and oxygen atoms in total. The summed E-state index contributed by atoms with van der Waals surface area (Å²) in [7, 11) is 0. The van der Waals surface area contributed by atoms with E-state index < -0.39 is 0 Å². The van der Waals surface area contributed by atoms with Crippen LogP contribution in [0.5, 0.6) is 11.5 Å². The fraction of sp³-hybridized carbons (Fsp3) is 0.462. The number of aliphatic hydroxyl groups is 1. The summed E-state index contributed by atoms with van der Waals surface area (Å²) < 4.78 is 10.5. The molecule has 1 aromatic carbocycles. The first-order valence-electron chi connectivity index (χ1n) is 6.31. The Bertz CT molecular complexity index is 510. The van der Waals surface area contributed by atoms with Crippen LogP contribution in [-0.4, -0.2) is 41.9 Å². The second kappa shape index (κ2) is 4.62. The molecule has 1 amide bonds. The third kappa shape index (κ3) is 2.19. The van der Waals surface area contributed by atoms with E-state index in [-0.39, 0.29) is 18.8 Å². The predicted molar refractivity (Wildman–Crippen MR) is 68.1 cm³/mol. The minimum Gasteiger partial charge on any atom is -0.454 e. The van der Waals surface area contributed by atoms with Crippen LogP contribution < -0.4 is 15.2 Å². The molecule has 2 aliphatic rings. The minimum atomic E-state index is -0.307. The molecule has 2 aliphatic heterocycles. The molecule has 0 unspecified atom stereocenters. The van der Waals surface area contributed by atoms with Gasteiger partial charge in [0.2, 0.25) is 6.79 Å². The molecule has 1 saturated heterocycles. The van der Waals surface area contributed by atoms with Crippen molar-refractivity contribution in [1.29, 1.82) is 0 Å². The maximum Gasteiger partial charge on any atom is 0.256 e. The lowest BCUT2D eigenvalue weighted by atomic mass is 10.1. The number of likely N-dealkylation sites (tertiary alicyclic amines) is 1. The van der Waals surface area contributed by atoms with E-state index in [0.29, 0.717) is 48.7 Å². The molecule has 0 spiro atoms. The number of hydrogen-bond acceptors (Lipinski definition) is 5. The Morgan fingerprint density at radius 1 is 1.26 bits per heavy atom. The van der Waals surface area contributed by atoms with Gasteiger partial charge in [-0.1, -0.05) is 0 Å². The Morgan fingerprint density at radius 2 is 1.89 bits per heavy atom. The van der Waals surface area contributed by atoms with Crippen LogP contribution in [-0.2, 0) is 0 Å². The highest BCUT2D eigenvalue weighted by molar-refractivity contribution is 6.00. The van der Waals surface area contributed by atoms with Crippen LogP contribution in [0.3, 0.4) is 0 Å². The fourth-order valence-electron chi connectivity index (χ4n) is 2.38. The lowest BCUT2D eigenvalue weighted by Crippen LogP contribution is -2.40. The molecule has 19 heavy (non-hydrogen) atoms. The van der Waals surface area contributed by atoms with Crippen LogP contribution in [0.1, 0.15) is 23.2 Å². The molecule has 0 aliphatic carbocycles. The van der Waals surface area contributed by atoms with Gasteiger partial charge in [0.1, 0.15) is 0 Å². The number of rotatable bonds is 1. The van der Waals surface area contributed by atoms with Crippen molar-refractivity contribution < 1.29 is 19.4 Å². The highest BCUT2D eigenvalue weighted by atomic mass is 16.7. The third-order valence-electron chi connectivity index (χ3n) is 3.53. The van der Waals surface area contributed by atoms with Gasteiger partial charge < -0.3 is 25.2 Å². The summed E-state index contributed by atoms with van der Waals surface area (Å²) in [6.45, 7) is 1.25. The van der Waals surface area contributed by atoms with Crippen LogP contribution in [0, 0.1) is 0 Å². The van der Waals surface area contributed by atoms with Gasteiger partial charge in [-0.3, -0.25) is 4.79 Å². The van der Waals surface area contributed by atoms with Crippen molar-refractivity contribution in [2.45, 2.75) is 18.9 Å². The van der Waals surface area contributed by atoms with Crippen LogP contribution in [0.25, 0.3) is 0 Å². The zero-order valence-electron chi connectivity index (χ0n) is 10.5. The standard InChI is InChI=1S/C13H16N2O4/c14-10-6-12-11(18-7-19-12)5-9(10)13(17)15-3-1-8(16)2-4-15/h5-6,8,16H,1-4,7,14H2. The average Bonchev–Trinajstić information content (AvgIpc) is 2.85. The fourth-order valence-corrected chi connectivity index (χ4v) is 2.38. The summed E-state index contributed by atoms with van der Waals surface area (Å²) in [6, 6.07) is 3.25. The maximum atomic E-state index is 12.4. The van der Waals surface area contributed by atoms with Gasteiger partial charge >= 0.3 is 0 Å². The van der Waals surface area contributed by atoms with E-state index in [2.05, 4.69) is 0 Å². The Kier molecular flexibility index (Phi) is 2.94. The topological polar surface area (TPSA) is 85.0 Å². The maximum absolute atomic E-state index is 12.4. The van der Waals surface area contributed by atoms with Crippen molar-refractivity contribution in [3.05, 3.63) is 17.7 Å². The van der Waals surface area contributed by atoms with E-state index in [9.17, 15) is 9.90 Å². The van der Waals surface area contributed by atoms with Crippen molar-refractivity contribution >= 4 is 11.6 Å². The molecule has 0 aromatic heterocycles. The Morgan fingerprint density at radius 3 is 2.58 bits per heavy atom. The number of benzene rings is 1. The molecule has 1 aromatic rings. The van der Waals surface area contributed by atoms with Gasteiger partial charge in [0.25, 0.3) is 5.91 Å². The highest BCUT2D eigenvalue weighted by Crippen LogP contribution is 2.36. The quantitative estimate of drug-likeness (QED) is 0.725. The number of carbonyl (C=O) groups excluding carboxylic acids is 1. The number of nitrogen functional groups attached to an aromatic ring is 1. The van der Waals surface area contributed by atoms with E-state index in [1.165, 1.54) is 0 Å². The van der Waals surface area contributed by atoms with Gasteiger partial charge in [0, 0.05) is 24.8 Å². The molecular formula is C13H16N2O4. The van der Waals surface area contributed by atoms with Crippen molar-refractivity contribution in [3.8, 4) is 11.5 Å². The van der Waals surface area contributed by atoms with Gasteiger partial charge in [0.15, 0.2) is 11.5 Å². The number of anilines is 1. The molecular weight excluding hydrogens is 248 g/mol. The van der Waals surface area contributed by atoms with Gasteiger partial charge in [0.05, 0.1) is 11.7 Å². The number of hydrogen-bond donors (Lipinski definition) is 2. The molecule has 2 heterocycles. The van der Waals surface area contributed by atoms with Crippen molar-refractivity contribution in [1.82, 2.24) is 4.90 Å². The van der Waals surface area contributed by atoms with Crippen molar-refractivity contribution in [2.24, 2.45) is 0 Å². The summed E-state index contributed by atoms with van der Waals surface area (Å²) in [6.07, 6.45) is 0.907. The van der Waals surface area contributed by atoms with Gasteiger partial charge in [-0.25, -0.2) is 0 Å². The molecule has 6 heteroatoms. The molecule has 0 saturated carbocycles. The van der Waals surface area contributed by atoms with Crippen LogP contribution >= 0.6 is 0 Å². The number of nitrogens with zero attached hydrogens (tertiary/aromatic N) is 1. The number of piperidine rings is 1. The first kappa shape index (κ1) is 12.1. The number of aliphatic hydroxyl groups excluding tert-OH is 1. The van der Waals surface area contributed by atoms with Gasteiger partial charge in [-0.2, -0.15) is 0 Å². The van der Waals surface area contributed by atoms with Gasteiger partial charge in [-0.05, 0) is 18.9 Å². The Balaban J connectivity index is 1.84. The van der Waals surface area contributed by atoms with Crippen LogP contribution in [0.4, 0.5) is 5.69 Å². The van der Waals surface area contributed by atoms with E-state index in [0.717, 1.165) is 0 Å². The number of fused-ring (bicyclic) bond motifs is 1. The smallest absolute Gasteiger partial charge is 0.256 e. The lowest BCUT2D eigenvalue weighted by Gasteiger charge is -2.30. The first-order valence-corrected chi connectivity index (χ1v) is 6.31. The number of nitrogens with two attached hydrogens (primary N) is 1. The molecule has 0 radical (unpaired) electrons. The Labute approximate surface area is 110 Å². The lowest BCUT2D eigenvalue weighted by molar-refractivity contribution is 0.0547. The number of carbonyl (C=O) groups is 1. The zero-order chi connectivity index (χ0) is 13.4. The van der Waals surface area contributed by atoms with Crippen molar-refractivity contribution in [2.75, 3.05) is 25.6 Å². The third-order valence-corrected chi connectivity index (χ3v) is 3.53. The second-order valence-corrected chi connectivity index (χ2v) is 4.82. The SMILES string of the molecule is Nc1cc2c(cc1C(=O)N1CCC(O)CC1)OCO2. The van der Waals surface area contributed by atoms with Crippen molar-refractivity contribution in [3.63, 3.8) is 0 Å². The largest absolute Gasteiger partial charge is 0.454 e. The first-order chi connectivity index (χ1) is 9.15. The molecule has 102 valence electrons. The summed E-state index contributed by atoms with van der Waals surface area (Å²) in [5, 5.41) is 9.46. The molecule has 3 rings (SSSR count). The molecule has 0 bridgehead atoms. The predicted octanol–water partition coefficient (Wildman–Crippen LogP) is 0.594. The normalized spacial score (nSPS) is 18.7. The number of ether oxygens (including phenoxy) is 2. The van der Waals surface area contributed by atoms with E-state index in [1.807, 2.05) is 0 Å². The number of amides is 1. The monoisotopic (exact) mass is 264 g/mol. The minimum absolute atomic E-state index is 0.122. The average molecular weight is 264 g/mol. The molecule has 1 fully saturated rings. The van der Waals surface area contributed by atoms with Gasteiger partial charge in [-0.15, -0.1) is 0 Å². The molecule has 0 atom stereocenters. The molecule has 3 N–H and O–H groups in total.